The summed E-state index contributed by atoms with van der Waals surface area (Å²) in [5, 5.41) is 0. The summed E-state index contributed by atoms with van der Waals surface area (Å²) in [4.78, 5) is 20.6. The molecule has 0 aromatic heterocycles. The normalized spacial score (nSPS) is 7.78. The molecule has 48 valence electrons. The van der Waals surface area contributed by atoms with Gasteiger partial charge in [-0.15, -0.1) is 0 Å². The maximum absolute atomic E-state index is 10.4. The Labute approximate surface area is 85.0 Å². The first kappa shape index (κ1) is 12.3. The van der Waals surface area contributed by atoms with E-state index < -0.39 is 0 Å². The van der Waals surface area contributed by atoms with Gasteiger partial charge >= 0.3 is 0 Å². The van der Waals surface area contributed by atoms with Crippen LogP contribution in [-0.4, -0.2) is 49.3 Å². The third kappa shape index (κ3) is 6.49. The maximum Gasteiger partial charge on any atom is 0.198 e. The van der Waals surface area contributed by atoms with Gasteiger partial charge in [0.05, 0.1) is 0 Å². The van der Waals surface area contributed by atoms with Crippen LogP contribution >= 0.6 is 0 Å². The minimum Gasteiger partial charge on any atom is -0.291 e. The summed E-state index contributed by atoms with van der Waals surface area (Å²) in [7, 11) is 0. The van der Waals surface area contributed by atoms with Gasteiger partial charge in [0.25, 0.3) is 0 Å². The Morgan fingerprint density at radius 1 is 1.33 bits per heavy atom. The Kier molecular flexibility index (Phi) is 9.17. The molecule has 0 bridgehead atoms. The standard InChI is InChI=1S/C6H10O2.Ca/c1-3-4-6(8)5(2)7;/h3-4H2,1-2H3;. The van der Waals surface area contributed by atoms with E-state index in [0.29, 0.717) is 6.42 Å². The van der Waals surface area contributed by atoms with Crippen LogP contribution in [0.2, 0.25) is 0 Å². The largest absolute Gasteiger partial charge is 0.291 e. The van der Waals surface area contributed by atoms with Gasteiger partial charge in [-0.3, -0.25) is 9.59 Å². The molecule has 0 aliphatic heterocycles. The SMILES string of the molecule is CCCC(=O)C(C)=O.[Ca]. The molecule has 0 amide bonds. The molecule has 0 N–H and O–H groups in total. The van der Waals surface area contributed by atoms with Crippen molar-refractivity contribution in [3.05, 3.63) is 0 Å². The molecular formula is C6H10CaO2. The van der Waals surface area contributed by atoms with Crippen LogP contribution in [0.1, 0.15) is 26.7 Å². The fraction of sp³-hybridized carbons (Fsp3) is 0.667. The number of hydrogen-bond donors (Lipinski definition) is 0. The molecule has 0 saturated heterocycles. The van der Waals surface area contributed by atoms with E-state index in [-0.39, 0.29) is 49.3 Å². The van der Waals surface area contributed by atoms with Gasteiger partial charge in [0.15, 0.2) is 11.6 Å². The number of carbonyl (C=O) groups excluding carboxylic acids is 2. The third-order valence-corrected chi connectivity index (χ3v) is 0.870. The fourth-order valence-corrected chi connectivity index (χ4v) is 0.403. The topological polar surface area (TPSA) is 34.1 Å². The molecule has 2 radical (unpaired) electrons. The molecule has 0 atom stereocenters. The summed E-state index contributed by atoms with van der Waals surface area (Å²) < 4.78 is 0. The van der Waals surface area contributed by atoms with E-state index in [2.05, 4.69) is 0 Å². The second kappa shape index (κ2) is 6.72. The van der Waals surface area contributed by atoms with E-state index >= 15 is 0 Å². The first-order chi connectivity index (χ1) is 3.68. The minimum absolute atomic E-state index is 0. The van der Waals surface area contributed by atoms with Crippen molar-refractivity contribution in [3.63, 3.8) is 0 Å². The Balaban J connectivity index is 0. The van der Waals surface area contributed by atoms with Gasteiger partial charge in [0.1, 0.15) is 0 Å². The average molecular weight is 154 g/mol. The third-order valence-electron chi connectivity index (χ3n) is 0.870. The van der Waals surface area contributed by atoms with Gasteiger partial charge in [0, 0.05) is 51.1 Å². The first-order valence-electron chi connectivity index (χ1n) is 2.72. The quantitative estimate of drug-likeness (QED) is 0.440. The van der Waals surface area contributed by atoms with Crippen molar-refractivity contribution in [2.24, 2.45) is 0 Å². The van der Waals surface area contributed by atoms with Gasteiger partial charge in [0.2, 0.25) is 0 Å². The van der Waals surface area contributed by atoms with Crippen molar-refractivity contribution in [1.82, 2.24) is 0 Å². The second-order valence-corrected chi connectivity index (χ2v) is 1.73. The van der Waals surface area contributed by atoms with Crippen LogP contribution in [0.3, 0.4) is 0 Å². The summed E-state index contributed by atoms with van der Waals surface area (Å²) in [6, 6.07) is 0. The molecule has 0 unspecified atom stereocenters. The zero-order chi connectivity index (χ0) is 6.57. The molecule has 0 saturated carbocycles. The summed E-state index contributed by atoms with van der Waals surface area (Å²) in [5.74, 6) is -0.584. The van der Waals surface area contributed by atoms with Crippen molar-refractivity contribution in [2.75, 3.05) is 0 Å². The maximum atomic E-state index is 10.4. The molecule has 0 aliphatic rings. The number of carbonyl (C=O) groups is 2. The smallest absolute Gasteiger partial charge is 0.198 e. The van der Waals surface area contributed by atoms with Gasteiger partial charge in [-0.1, -0.05) is 6.92 Å². The van der Waals surface area contributed by atoms with E-state index in [1.165, 1.54) is 6.92 Å². The zero-order valence-corrected chi connectivity index (χ0v) is 8.15. The predicted octanol–water partition coefficient (Wildman–Crippen LogP) is 0.564. The molecule has 9 heavy (non-hydrogen) atoms. The summed E-state index contributed by atoms with van der Waals surface area (Å²) >= 11 is 0. The van der Waals surface area contributed by atoms with Crippen LogP contribution in [0.15, 0.2) is 0 Å². The zero-order valence-electron chi connectivity index (χ0n) is 5.94. The van der Waals surface area contributed by atoms with Crippen molar-refractivity contribution in [1.29, 1.82) is 0 Å². The number of hydrogen-bond acceptors (Lipinski definition) is 2. The Bertz CT molecular complexity index is 110. The summed E-state index contributed by atoms with van der Waals surface area (Å²) in [6.07, 6.45) is 1.16. The average Bonchev–Trinajstić information content (AvgIpc) is 1.67. The van der Waals surface area contributed by atoms with Gasteiger partial charge in [-0.25, -0.2) is 0 Å². The summed E-state index contributed by atoms with van der Waals surface area (Å²) in [5.41, 5.74) is 0. The van der Waals surface area contributed by atoms with Crippen LogP contribution in [0.4, 0.5) is 0 Å². The van der Waals surface area contributed by atoms with Crippen molar-refractivity contribution in [2.45, 2.75) is 26.7 Å². The molecular weight excluding hydrogens is 144 g/mol. The Hall–Kier alpha value is 0.600. The molecule has 0 spiro atoms. The number of ketones is 2. The van der Waals surface area contributed by atoms with Crippen molar-refractivity contribution in [3.8, 4) is 0 Å². The van der Waals surface area contributed by atoms with Crippen LogP contribution < -0.4 is 0 Å². The van der Waals surface area contributed by atoms with E-state index in [4.69, 9.17) is 0 Å². The monoisotopic (exact) mass is 154 g/mol. The second-order valence-electron chi connectivity index (χ2n) is 1.73. The van der Waals surface area contributed by atoms with E-state index in [0.717, 1.165) is 6.42 Å². The Morgan fingerprint density at radius 2 is 1.78 bits per heavy atom. The molecule has 0 aromatic carbocycles. The van der Waals surface area contributed by atoms with Crippen LogP contribution in [0.5, 0.6) is 0 Å². The van der Waals surface area contributed by atoms with Crippen LogP contribution in [-0.2, 0) is 9.59 Å². The van der Waals surface area contributed by atoms with E-state index in [1.54, 1.807) is 0 Å². The number of rotatable bonds is 3. The molecule has 0 aliphatic carbocycles. The summed E-state index contributed by atoms with van der Waals surface area (Å²) in [6.45, 7) is 3.18. The molecule has 0 heterocycles. The molecule has 3 heteroatoms. The van der Waals surface area contributed by atoms with Crippen molar-refractivity contribution >= 4 is 49.3 Å². The van der Waals surface area contributed by atoms with E-state index in [9.17, 15) is 9.59 Å². The number of Topliss-reactive ketones (excluding diaryl/α,β-unsaturated/α-hetero) is 2. The molecule has 0 fully saturated rings. The first-order valence-corrected chi connectivity index (χ1v) is 2.72. The molecule has 2 nitrogen and oxygen atoms in total. The van der Waals surface area contributed by atoms with Crippen LogP contribution in [0.25, 0.3) is 0 Å². The predicted molar refractivity (Wildman–Crippen MR) is 36.4 cm³/mol. The minimum atomic E-state index is -0.327. The Morgan fingerprint density at radius 3 is 1.89 bits per heavy atom. The van der Waals surface area contributed by atoms with Gasteiger partial charge in [-0.2, -0.15) is 0 Å². The fourth-order valence-electron chi connectivity index (χ4n) is 0.403. The van der Waals surface area contributed by atoms with Gasteiger partial charge < -0.3 is 0 Å². The van der Waals surface area contributed by atoms with E-state index in [1.807, 2.05) is 6.92 Å². The molecule has 0 aromatic rings. The molecule has 0 rings (SSSR count). The van der Waals surface area contributed by atoms with Gasteiger partial charge in [-0.05, 0) is 6.42 Å². The van der Waals surface area contributed by atoms with Crippen molar-refractivity contribution < 1.29 is 9.59 Å². The van der Waals surface area contributed by atoms with Crippen LogP contribution in [0, 0.1) is 0 Å².